The lowest BCUT2D eigenvalue weighted by molar-refractivity contribution is -0.00000427. The highest BCUT2D eigenvalue weighted by Crippen LogP contribution is 2.22. The van der Waals surface area contributed by atoms with Gasteiger partial charge in [0.25, 0.3) is 0 Å². The van der Waals surface area contributed by atoms with E-state index in [1.54, 1.807) is 6.07 Å². The van der Waals surface area contributed by atoms with E-state index >= 15 is 0 Å². The first kappa shape index (κ1) is 17.6. The van der Waals surface area contributed by atoms with Crippen molar-refractivity contribution in [3.05, 3.63) is 34.9 Å². The van der Waals surface area contributed by atoms with Crippen LogP contribution in [0.3, 0.4) is 0 Å². The minimum absolute atomic E-state index is 0. The molecule has 0 fully saturated rings. The predicted octanol–water partition coefficient (Wildman–Crippen LogP) is 0.165. The molecule has 0 aromatic heterocycles. The molecule has 1 aromatic rings. The van der Waals surface area contributed by atoms with Crippen LogP contribution in [-0.4, -0.2) is 41.5 Å². The molecule has 1 rings (SSSR count). The summed E-state index contributed by atoms with van der Waals surface area (Å²) in [7, 11) is 4.08. The third kappa shape index (κ3) is 5.96. The number of halogens is 2. The van der Waals surface area contributed by atoms with E-state index in [0.717, 1.165) is 24.3 Å². The van der Waals surface area contributed by atoms with Crippen LogP contribution in [0.1, 0.15) is 12.0 Å². The predicted molar refractivity (Wildman–Crippen MR) is 75.4 cm³/mol. The van der Waals surface area contributed by atoms with Gasteiger partial charge in [-0.25, -0.2) is 0 Å². The molecule has 3 nitrogen and oxygen atoms in total. The summed E-state index contributed by atoms with van der Waals surface area (Å²) in [6.45, 7) is 1.02. The van der Waals surface area contributed by atoms with Gasteiger partial charge in [0.2, 0.25) is 0 Å². The van der Waals surface area contributed by atoms with Gasteiger partial charge < -0.3 is 22.5 Å². The normalized spacial score (nSPS) is 11.4. The maximum atomic E-state index is 9.01. The lowest BCUT2D eigenvalue weighted by Gasteiger charge is -2.09. The molecule has 6 heteroatoms. The molecule has 0 aliphatic heterocycles. The number of hydrogen-bond donors (Lipinski definition) is 1. The fourth-order valence-corrected chi connectivity index (χ4v) is 2.48. The van der Waals surface area contributed by atoms with Crippen LogP contribution in [0, 0.1) is 0 Å². The summed E-state index contributed by atoms with van der Waals surface area (Å²) in [5.41, 5.74) is 0.784. The number of hydrogen-bond acceptors (Lipinski definition) is 4. The van der Waals surface area contributed by atoms with E-state index in [-0.39, 0.29) is 12.4 Å². The van der Waals surface area contributed by atoms with Crippen LogP contribution >= 0.6 is 23.4 Å². The Balaban J connectivity index is 0.00000289. The number of rotatable bonds is 5. The number of nitrogens with zero attached hydrogens (tertiary/aromatic N) is 2. The van der Waals surface area contributed by atoms with Gasteiger partial charge in [-0.1, -0.05) is 35.0 Å². The Labute approximate surface area is 124 Å². The van der Waals surface area contributed by atoms with Gasteiger partial charge in [0.05, 0.1) is 5.02 Å². The molecule has 0 radical (unpaired) electrons. The fourth-order valence-electron chi connectivity index (χ4n) is 1.34. The van der Waals surface area contributed by atoms with Crippen molar-refractivity contribution >= 4 is 28.4 Å². The minimum Gasteiger partial charge on any atom is -1.00 e. The van der Waals surface area contributed by atoms with Gasteiger partial charge in [-0.15, -0.1) is 11.8 Å². The molecule has 0 aliphatic carbocycles. The van der Waals surface area contributed by atoms with Crippen LogP contribution in [0.4, 0.5) is 0 Å². The molecule has 0 saturated carbocycles. The fraction of sp³-hybridized carbons (Fsp3) is 0.417. The van der Waals surface area contributed by atoms with E-state index in [4.69, 9.17) is 16.8 Å². The SMILES string of the molecule is CN(C)CCCS/C(=N/O)c1ccccc1Cl.[Cl-]. The molecule has 0 unspecified atom stereocenters. The van der Waals surface area contributed by atoms with Crippen molar-refractivity contribution in [2.75, 3.05) is 26.4 Å². The Kier molecular flexibility index (Phi) is 9.28. The van der Waals surface area contributed by atoms with E-state index in [1.807, 2.05) is 32.3 Å². The molecular weight excluding hydrogens is 291 g/mol. The van der Waals surface area contributed by atoms with Crippen LogP contribution < -0.4 is 12.4 Å². The third-order valence-corrected chi connectivity index (χ3v) is 3.58. The highest BCUT2D eigenvalue weighted by Gasteiger charge is 2.08. The maximum Gasteiger partial charge on any atom is 0.144 e. The summed E-state index contributed by atoms with van der Waals surface area (Å²) in [5.74, 6) is 0.906. The molecular formula is C12H17Cl2N2OS-. The minimum atomic E-state index is 0. The highest BCUT2D eigenvalue weighted by molar-refractivity contribution is 8.14. The monoisotopic (exact) mass is 307 g/mol. The quantitative estimate of drug-likeness (QED) is 0.277. The molecule has 0 heterocycles. The lowest BCUT2D eigenvalue weighted by atomic mass is 10.2. The Morgan fingerprint density at radius 2 is 2.06 bits per heavy atom. The lowest BCUT2D eigenvalue weighted by Crippen LogP contribution is -3.00. The Morgan fingerprint density at radius 3 is 2.61 bits per heavy atom. The molecule has 0 saturated heterocycles. The summed E-state index contributed by atoms with van der Waals surface area (Å²) >= 11 is 7.57. The standard InChI is InChI=1S/C12H17ClN2OS.ClH/c1-15(2)8-5-9-17-12(14-16)10-6-3-4-7-11(10)13;/h3-4,6-7,16H,5,8-9H2,1-2H3;1H/p-1/b14-12+;. The van der Waals surface area contributed by atoms with Gasteiger partial charge in [0.15, 0.2) is 0 Å². The van der Waals surface area contributed by atoms with Crippen molar-refractivity contribution in [1.82, 2.24) is 4.90 Å². The maximum absolute atomic E-state index is 9.01. The summed E-state index contributed by atoms with van der Waals surface area (Å²) in [6.07, 6.45) is 1.04. The second-order valence-corrected chi connectivity index (χ2v) is 5.38. The summed E-state index contributed by atoms with van der Waals surface area (Å²) < 4.78 is 0. The Hall–Kier alpha value is -0.420. The summed E-state index contributed by atoms with van der Waals surface area (Å²) in [6, 6.07) is 7.39. The zero-order valence-electron chi connectivity index (χ0n) is 10.4. The van der Waals surface area contributed by atoms with E-state index in [0.29, 0.717) is 10.1 Å². The molecule has 0 atom stereocenters. The number of thioether (sulfide) groups is 1. The summed E-state index contributed by atoms with van der Waals surface area (Å²) in [5, 5.41) is 13.5. The molecule has 0 bridgehead atoms. The molecule has 0 aliphatic rings. The van der Waals surface area contributed by atoms with E-state index in [2.05, 4.69) is 10.1 Å². The zero-order chi connectivity index (χ0) is 12.7. The van der Waals surface area contributed by atoms with E-state index in [1.165, 1.54) is 11.8 Å². The molecule has 0 spiro atoms. The van der Waals surface area contributed by atoms with Crippen molar-refractivity contribution in [2.24, 2.45) is 5.16 Å². The molecule has 102 valence electrons. The highest BCUT2D eigenvalue weighted by atomic mass is 35.5. The zero-order valence-corrected chi connectivity index (χ0v) is 12.8. The van der Waals surface area contributed by atoms with Crippen LogP contribution in [0.5, 0.6) is 0 Å². The smallest absolute Gasteiger partial charge is 0.144 e. The number of benzene rings is 1. The topological polar surface area (TPSA) is 35.8 Å². The summed E-state index contributed by atoms with van der Waals surface area (Å²) in [4.78, 5) is 2.13. The molecule has 1 N–H and O–H groups in total. The van der Waals surface area contributed by atoms with Crippen LogP contribution in [0.25, 0.3) is 0 Å². The first-order chi connectivity index (χ1) is 8.15. The molecule has 1 aromatic carbocycles. The Morgan fingerprint density at radius 1 is 1.39 bits per heavy atom. The first-order valence-electron chi connectivity index (χ1n) is 5.39. The van der Waals surface area contributed by atoms with Gasteiger partial charge in [-0.2, -0.15) is 0 Å². The van der Waals surface area contributed by atoms with Gasteiger partial charge in [-0.05, 0) is 33.1 Å². The second kappa shape index (κ2) is 9.50. The third-order valence-electron chi connectivity index (χ3n) is 2.18. The van der Waals surface area contributed by atoms with Crippen molar-refractivity contribution in [1.29, 1.82) is 0 Å². The van der Waals surface area contributed by atoms with Gasteiger partial charge >= 0.3 is 0 Å². The Bertz CT molecular complexity index is 386. The van der Waals surface area contributed by atoms with Crippen LogP contribution in [0.2, 0.25) is 5.02 Å². The average Bonchev–Trinajstić information content (AvgIpc) is 2.30. The van der Waals surface area contributed by atoms with Crippen molar-refractivity contribution in [3.8, 4) is 0 Å². The van der Waals surface area contributed by atoms with Crippen LogP contribution in [-0.2, 0) is 0 Å². The first-order valence-corrected chi connectivity index (χ1v) is 6.76. The number of oxime groups is 1. The molecule has 18 heavy (non-hydrogen) atoms. The molecule has 0 amide bonds. The second-order valence-electron chi connectivity index (χ2n) is 3.89. The van der Waals surface area contributed by atoms with E-state index < -0.39 is 0 Å². The van der Waals surface area contributed by atoms with E-state index in [9.17, 15) is 0 Å². The van der Waals surface area contributed by atoms with Gasteiger partial charge in [0.1, 0.15) is 5.04 Å². The van der Waals surface area contributed by atoms with Gasteiger partial charge in [0, 0.05) is 11.3 Å². The average molecular weight is 308 g/mol. The van der Waals surface area contributed by atoms with Crippen LogP contribution in [0.15, 0.2) is 29.4 Å². The van der Waals surface area contributed by atoms with Crippen molar-refractivity contribution < 1.29 is 17.6 Å². The van der Waals surface area contributed by atoms with Gasteiger partial charge in [-0.3, -0.25) is 0 Å². The van der Waals surface area contributed by atoms with Crippen molar-refractivity contribution in [2.45, 2.75) is 6.42 Å². The van der Waals surface area contributed by atoms with Crippen molar-refractivity contribution in [3.63, 3.8) is 0 Å². The largest absolute Gasteiger partial charge is 1.00 e.